The van der Waals surface area contributed by atoms with E-state index in [1.807, 2.05) is 12.3 Å². The van der Waals surface area contributed by atoms with Gasteiger partial charge in [0, 0.05) is 11.6 Å². The average molecular weight is 225 g/mol. The summed E-state index contributed by atoms with van der Waals surface area (Å²) in [5.74, 6) is 0. The lowest BCUT2D eigenvalue weighted by Crippen LogP contribution is -2.22. The van der Waals surface area contributed by atoms with E-state index in [9.17, 15) is 0 Å². The minimum atomic E-state index is -0.0443. The van der Waals surface area contributed by atoms with Crippen LogP contribution in [0, 0.1) is 13.8 Å². The van der Waals surface area contributed by atoms with Crippen molar-refractivity contribution in [2.24, 2.45) is 0 Å². The predicted octanol–water partition coefficient (Wildman–Crippen LogP) is 4.02. The maximum atomic E-state index is 4.50. The Hall–Kier alpha value is -1.63. The van der Waals surface area contributed by atoms with Gasteiger partial charge in [-0.3, -0.25) is 4.98 Å². The molecule has 1 heterocycles. The first kappa shape index (κ1) is 11.8. The van der Waals surface area contributed by atoms with Crippen molar-refractivity contribution in [3.63, 3.8) is 0 Å². The summed E-state index contributed by atoms with van der Waals surface area (Å²) in [6, 6.07) is 12.6. The molecule has 0 radical (unpaired) electrons. The molecule has 0 saturated carbocycles. The molecule has 1 aromatic carbocycles. The third-order valence-corrected chi connectivity index (χ3v) is 3.58. The highest BCUT2D eigenvalue weighted by Gasteiger charge is 2.26. The monoisotopic (exact) mass is 225 g/mol. The normalized spacial score (nSPS) is 11.5. The molecule has 0 atom stereocenters. The number of aromatic nitrogens is 1. The van der Waals surface area contributed by atoms with Crippen molar-refractivity contribution in [2.75, 3.05) is 0 Å². The number of hydrogen-bond donors (Lipinski definition) is 0. The zero-order chi connectivity index (χ0) is 12.5. The third-order valence-electron chi connectivity index (χ3n) is 3.58. The van der Waals surface area contributed by atoms with Crippen LogP contribution < -0.4 is 0 Å². The van der Waals surface area contributed by atoms with Gasteiger partial charge < -0.3 is 0 Å². The Balaban J connectivity index is 2.56. The number of pyridine rings is 1. The molecule has 88 valence electrons. The smallest absolute Gasteiger partial charge is 0.0503 e. The molecule has 0 aliphatic carbocycles. The average Bonchev–Trinajstić information content (AvgIpc) is 2.33. The lowest BCUT2D eigenvalue weighted by atomic mass is 9.78. The first-order valence-electron chi connectivity index (χ1n) is 6.01. The summed E-state index contributed by atoms with van der Waals surface area (Å²) < 4.78 is 0. The van der Waals surface area contributed by atoms with Crippen LogP contribution in [-0.4, -0.2) is 4.98 Å². The highest BCUT2D eigenvalue weighted by atomic mass is 14.7. The SMILES string of the molecule is Cc1cccc(C(C)(C)c2ccccn2)c1C. The molecule has 0 spiro atoms. The molecule has 2 aromatic rings. The van der Waals surface area contributed by atoms with Crippen molar-refractivity contribution in [1.82, 2.24) is 4.98 Å². The topological polar surface area (TPSA) is 12.9 Å². The number of aryl methyl sites for hydroxylation is 1. The summed E-state index contributed by atoms with van der Waals surface area (Å²) >= 11 is 0. The summed E-state index contributed by atoms with van der Waals surface area (Å²) in [6.45, 7) is 8.82. The van der Waals surface area contributed by atoms with E-state index < -0.39 is 0 Å². The van der Waals surface area contributed by atoms with Crippen LogP contribution in [0.2, 0.25) is 0 Å². The van der Waals surface area contributed by atoms with Crippen LogP contribution in [0.1, 0.15) is 36.2 Å². The Bertz CT molecular complexity index is 512. The van der Waals surface area contributed by atoms with Gasteiger partial charge in [-0.25, -0.2) is 0 Å². The van der Waals surface area contributed by atoms with Crippen molar-refractivity contribution in [2.45, 2.75) is 33.1 Å². The Morgan fingerprint density at radius 1 is 0.941 bits per heavy atom. The van der Waals surface area contributed by atoms with Crippen LogP contribution in [0.25, 0.3) is 0 Å². The van der Waals surface area contributed by atoms with E-state index in [0.717, 1.165) is 5.69 Å². The second-order valence-electron chi connectivity index (χ2n) is 5.09. The van der Waals surface area contributed by atoms with Gasteiger partial charge in [-0.05, 0) is 42.7 Å². The van der Waals surface area contributed by atoms with Crippen LogP contribution in [0.3, 0.4) is 0 Å². The first-order valence-corrected chi connectivity index (χ1v) is 6.01. The Labute approximate surface area is 104 Å². The van der Waals surface area contributed by atoms with E-state index in [1.54, 1.807) is 0 Å². The second kappa shape index (κ2) is 4.33. The zero-order valence-corrected chi connectivity index (χ0v) is 11.0. The molecule has 0 unspecified atom stereocenters. The quantitative estimate of drug-likeness (QED) is 0.752. The third kappa shape index (κ3) is 2.10. The molecule has 17 heavy (non-hydrogen) atoms. The molecule has 2 rings (SSSR count). The van der Waals surface area contributed by atoms with Crippen LogP contribution in [0.15, 0.2) is 42.6 Å². The maximum Gasteiger partial charge on any atom is 0.0503 e. The van der Waals surface area contributed by atoms with Crippen LogP contribution in [0.5, 0.6) is 0 Å². The number of rotatable bonds is 2. The van der Waals surface area contributed by atoms with Crippen molar-refractivity contribution in [1.29, 1.82) is 0 Å². The highest BCUT2D eigenvalue weighted by molar-refractivity contribution is 5.42. The van der Waals surface area contributed by atoms with Gasteiger partial charge in [-0.1, -0.05) is 38.1 Å². The molecule has 0 amide bonds. The summed E-state index contributed by atoms with van der Waals surface area (Å²) in [4.78, 5) is 4.50. The van der Waals surface area contributed by atoms with Gasteiger partial charge in [0.05, 0.1) is 5.69 Å². The van der Waals surface area contributed by atoms with Crippen LogP contribution >= 0.6 is 0 Å². The second-order valence-corrected chi connectivity index (χ2v) is 5.09. The van der Waals surface area contributed by atoms with E-state index in [-0.39, 0.29) is 5.41 Å². The molecule has 0 aliphatic heterocycles. The molecule has 0 saturated heterocycles. The van der Waals surface area contributed by atoms with Gasteiger partial charge in [0.15, 0.2) is 0 Å². The highest BCUT2D eigenvalue weighted by Crippen LogP contribution is 2.32. The number of benzene rings is 1. The van der Waals surface area contributed by atoms with Gasteiger partial charge in [0.25, 0.3) is 0 Å². The zero-order valence-electron chi connectivity index (χ0n) is 11.0. The van der Waals surface area contributed by atoms with Gasteiger partial charge in [0.1, 0.15) is 0 Å². The van der Waals surface area contributed by atoms with Crippen molar-refractivity contribution in [3.8, 4) is 0 Å². The molecular weight excluding hydrogens is 206 g/mol. The molecule has 0 bridgehead atoms. The molecule has 0 fully saturated rings. The molecule has 1 nitrogen and oxygen atoms in total. The Morgan fingerprint density at radius 2 is 1.71 bits per heavy atom. The number of hydrogen-bond acceptors (Lipinski definition) is 1. The van der Waals surface area contributed by atoms with Crippen LogP contribution in [0.4, 0.5) is 0 Å². The fourth-order valence-electron chi connectivity index (χ4n) is 2.30. The predicted molar refractivity (Wildman–Crippen MR) is 72.3 cm³/mol. The minimum Gasteiger partial charge on any atom is -0.260 e. The van der Waals surface area contributed by atoms with E-state index in [4.69, 9.17) is 0 Å². The molecule has 1 aromatic heterocycles. The molecule has 1 heteroatoms. The van der Waals surface area contributed by atoms with E-state index in [0.29, 0.717) is 0 Å². The van der Waals surface area contributed by atoms with E-state index in [1.165, 1.54) is 16.7 Å². The Kier molecular flexibility index (Phi) is 3.01. The van der Waals surface area contributed by atoms with Gasteiger partial charge in [-0.2, -0.15) is 0 Å². The maximum absolute atomic E-state index is 4.50. The number of nitrogens with zero attached hydrogens (tertiary/aromatic N) is 1. The summed E-state index contributed by atoms with van der Waals surface area (Å²) in [6.07, 6.45) is 1.86. The molecular formula is C16H19N. The minimum absolute atomic E-state index is 0.0443. The van der Waals surface area contributed by atoms with Gasteiger partial charge in [0.2, 0.25) is 0 Å². The van der Waals surface area contributed by atoms with Gasteiger partial charge in [-0.15, -0.1) is 0 Å². The summed E-state index contributed by atoms with van der Waals surface area (Å²) in [5, 5.41) is 0. The first-order chi connectivity index (χ1) is 8.03. The van der Waals surface area contributed by atoms with E-state index in [2.05, 4.69) is 63.0 Å². The lowest BCUT2D eigenvalue weighted by Gasteiger charge is -2.27. The Morgan fingerprint density at radius 3 is 2.35 bits per heavy atom. The fraction of sp³-hybridized carbons (Fsp3) is 0.312. The fourth-order valence-corrected chi connectivity index (χ4v) is 2.30. The van der Waals surface area contributed by atoms with Crippen molar-refractivity contribution in [3.05, 3.63) is 65.0 Å². The van der Waals surface area contributed by atoms with Crippen LogP contribution in [-0.2, 0) is 5.41 Å². The van der Waals surface area contributed by atoms with E-state index >= 15 is 0 Å². The van der Waals surface area contributed by atoms with Gasteiger partial charge >= 0.3 is 0 Å². The molecule has 0 aliphatic rings. The lowest BCUT2D eigenvalue weighted by molar-refractivity contribution is 0.612. The summed E-state index contributed by atoms with van der Waals surface area (Å²) in [7, 11) is 0. The largest absolute Gasteiger partial charge is 0.260 e. The molecule has 0 N–H and O–H groups in total. The summed E-state index contributed by atoms with van der Waals surface area (Å²) in [5.41, 5.74) is 5.14. The standard InChI is InChI=1S/C16H19N/c1-12-8-7-9-14(13(12)2)16(3,4)15-10-5-6-11-17-15/h5-11H,1-4H3. The van der Waals surface area contributed by atoms with Crippen molar-refractivity contribution < 1.29 is 0 Å². The van der Waals surface area contributed by atoms with Crippen molar-refractivity contribution >= 4 is 0 Å².